The highest BCUT2D eigenvalue weighted by Crippen LogP contribution is 2.22. The van der Waals surface area contributed by atoms with Crippen molar-refractivity contribution < 1.29 is 17.6 Å². The standard InChI is InChI=1S/C11H14FNO3S/c1-7-5-8(12)10(11(14)13(2)3)9(6-7)17(4,15)16/h5-6H,1-4H3. The summed E-state index contributed by atoms with van der Waals surface area (Å²) in [6.45, 7) is 1.57. The molecule has 1 aromatic carbocycles. The highest BCUT2D eigenvalue weighted by atomic mass is 32.2. The van der Waals surface area contributed by atoms with E-state index in [-0.39, 0.29) is 4.90 Å². The van der Waals surface area contributed by atoms with Gasteiger partial charge >= 0.3 is 0 Å². The molecule has 0 aliphatic carbocycles. The molecule has 1 amide bonds. The second kappa shape index (κ2) is 4.44. The summed E-state index contributed by atoms with van der Waals surface area (Å²) in [6, 6.07) is 2.45. The second-order valence-electron chi connectivity index (χ2n) is 4.09. The van der Waals surface area contributed by atoms with E-state index >= 15 is 0 Å². The van der Waals surface area contributed by atoms with Crippen LogP contribution in [-0.4, -0.2) is 39.6 Å². The third-order valence-electron chi connectivity index (χ3n) is 2.22. The van der Waals surface area contributed by atoms with Crippen LogP contribution < -0.4 is 0 Å². The number of nitrogens with zero attached hydrogens (tertiary/aromatic N) is 1. The maximum atomic E-state index is 13.7. The van der Waals surface area contributed by atoms with Gasteiger partial charge in [0.05, 0.1) is 10.5 Å². The summed E-state index contributed by atoms with van der Waals surface area (Å²) in [4.78, 5) is 12.6. The van der Waals surface area contributed by atoms with Crippen LogP contribution in [0, 0.1) is 12.7 Å². The van der Waals surface area contributed by atoms with Crippen LogP contribution >= 0.6 is 0 Å². The first-order valence-corrected chi connectivity index (χ1v) is 6.75. The molecular formula is C11H14FNO3S. The summed E-state index contributed by atoms with van der Waals surface area (Å²) in [5.74, 6) is -1.48. The Morgan fingerprint density at radius 3 is 2.24 bits per heavy atom. The van der Waals surface area contributed by atoms with Crippen molar-refractivity contribution in [1.29, 1.82) is 0 Å². The number of carbonyl (C=O) groups excluding carboxylic acids is 1. The predicted octanol–water partition coefficient (Wildman–Crippen LogP) is 1.24. The molecule has 0 atom stereocenters. The first-order valence-electron chi connectivity index (χ1n) is 4.86. The van der Waals surface area contributed by atoms with Gasteiger partial charge in [-0.1, -0.05) is 0 Å². The van der Waals surface area contributed by atoms with Crippen molar-refractivity contribution in [2.24, 2.45) is 0 Å². The van der Waals surface area contributed by atoms with Gasteiger partial charge in [-0.15, -0.1) is 0 Å². The molecule has 6 heteroatoms. The fraction of sp³-hybridized carbons (Fsp3) is 0.364. The first kappa shape index (κ1) is 13.6. The zero-order valence-corrected chi connectivity index (χ0v) is 10.9. The van der Waals surface area contributed by atoms with Crippen molar-refractivity contribution in [1.82, 2.24) is 4.90 Å². The number of hydrogen-bond donors (Lipinski definition) is 0. The normalized spacial score (nSPS) is 11.4. The number of rotatable bonds is 2. The summed E-state index contributed by atoms with van der Waals surface area (Å²) in [6.07, 6.45) is 0.952. The van der Waals surface area contributed by atoms with Crippen LogP contribution in [0.4, 0.5) is 4.39 Å². The Kier molecular flexibility index (Phi) is 3.56. The number of aryl methyl sites for hydroxylation is 1. The maximum absolute atomic E-state index is 13.7. The lowest BCUT2D eigenvalue weighted by Crippen LogP contribution is -2.25. The van der Waals surface area contributed by atoms with Gasteiger partial charge in [0.15, 0.2) is 9.84 Å². The summed E-state index contributed by atoms with van der Waals surface area (Å²) >= 11 is 0. The predicted molar refractivity (Wildman–Crippen MR) is 62.3 cm³/mol. The van der Waals surface area contributed by atoms with E-state index in [0.717, 1.165) is 17.2 Å². The monoisotopic (exact) mass is 259 g/mol. The molecular weight excluding hydrogens is 245 g/mol. The minimum absolute atomic E-state index is 0.270. The fourth-order valence-corrected chi connectivity index (χ4v) is 2.39. The SMILES string of the molecule is Cc1cc(F)c(C(=O)N(C)C)c(S(C)(=O)=O)c1. The second-order valence-corrected chi connectivity index (χ2v) is 6.08. The largest absolute Gasteiger partial charge is 0.345 e. The van der Waals surface area contributed by atoms with E-state index < -0.39 is 27.1 Å². The van der Waals surface area contributed by atoms with Crippen LogP contribution in [0.15, 0.2) is 17.0 Å². The lowest BCUT2D eigenvalue weighted by Gasteiger charge is -2.14. The molecule has 0 N–H and O–H groups in total. The van der Waals surface area contributed by atoms with Crippen LogP contribution in [0.2, 0.25) is 0 Å². The van der Waals surface area contributed by atoms with Gasteiger partial charge in [-0.05, 0) is 24.6 Å². The number of hydrogen-bond acceptors (Lipinski definition) is 3. The highest BCUT2D eigenvalue weighted by Gasteiger charge is 2.24. The Bertz CT molecular complexity index is 564. The number of benzene rings is 1. The van der Waals surface area contributed by atoms with Gasteiger partial charge in [-0.25, -0.2) is 12.8 Å². The van der Waals surface area contributed by atoms with Crippen molar-refractivity contribution in [3.63, 3.8) is 0 Å². The van der Waals surface area contributed by atoms with Crippen LogP contribution in [-0.2, 0) is 9.84 Å². The Morgan fingerprint density at radius 2 is 1.82 bits per heavy atom. The third-order valence-corrected chi connectivity index (χ3v) is 3.34. The molecule has 0 aromatic heterocycles. The number of carbonyl (C=O) groups is 1. The van der Waals surface area contributed by atoms with Crippen molar-refractivity contribution in [3.05, 3.63) is 29.1 Å². The molecule has 0 saturated heterocycles. The van der Waals surface area contributed by atoms with Gasteiger partial charge in [0.25, 0.3) is 5.91 Å². The van der Waals surface area contributed by atoms with Crippen LogP contribution in [0.3, 0.4) is 0 Å². The zero-order valence-electron chi connectivity index (χ0n) is 10.1. The van der Waals surface area contributed by atoms with Gasteiger partial charge in [0.2, 0.25) is 0 Å². The lowest BCUT2D eigenvalue weighted by atomic mass is 10.1. The van der Waals surface area contributed by atoms with E-state index in [4.69, 9.17) is 0 Å². The maximum Gasteiger partial charge on any atom is 0.257 e. The van der Waals surface area contributed by atoms with E-state index in [1.807, 2.05) is 0 Å². The van der Waals surface area contributed by atoms with Gasteiger partial charge in [-0.2, -0.15) is 0 Å². The van der Waals surface area contributed by atoms with E-state index in [1.165, 1.54) is 20.2 Å². The van der Waals surface area contributed by atoms with Gasteiger partial charge in [0, 0.05) is 20.4 Å². The molecule has 0 bridgehead atoms. The van der Waals surface area contributed by atoms with Crippen molar-refractivity contribution in [3.8, 4) is 0 Å². The molecule has 0 spiro atoms. The molecule has 0 fully saturated rings. The Labute approximate surface area is 100.0 Å². The van der Waals surface area contributed by atoms with Crippen LogP contribution in [0.1, 0.15) is 15.9 Å². The molecule has 4 nitrogen and oxygen atoms in total. The molecule has 0 radical (unpaired) electrons. The van der Waals surface area contributed by atoms with Crippen LogP contribution in [0.5, 0.6) is 0 Å². The number of halogens is 1. The van der Waals surface area contributed by atoms with Crippen molar-refractivity contribution >= 4 is 15.7 Å². The summed E-state index contributed by atoms with van der Waals surface area (Å²) in [5.41, 5.74) is 0.0568. The molecule has 0 aliphatic rings. The fourth-order valence-electron chi connectivity index (χ4n) is 1.43. The summed E-state index contributed by atoms with van der Waals surface area (Å²) in [5, 5.41) is 0. The summed E-state index contributed by atoms with van der Waals surface area (Å²) in [7, 11) is -0.768. The first-order chi connectivity index (χ1) is 7.64. The molecule has 17 heavy (non-hydrogen) atoms. The van der Waals surface area contributed by atoms with Gasteiger partial charge < -0.3 is 4.90 Å². The number of amides is 1. The molecule has 0 saturated carbocycles. The molecule has 1 aromatic rings. The number of sulfone groups is 1. The average molecular weight is 259 g/mol. The molecule has 0 aliphatic heterocycles. The quantitative estimate of drug-likeness (QED) is 0.803. The van der Waals surface area contributed by atoms with Crippen molar-refractivity contribution in [2.45, 2.75) is 11.8 Å². The Morgan fingerprint density at radius 1 is 1.29 bits per heavy atom. The smallest absolute Gasteiger partial charge is 0.257 e. The molecule has 0 heterocycles. The minimum atomic E-state index is -3.64. The van der Waals surface area contributed by atoms with E-state index in [2.05, 4.69) is 0 Å². The topological polar surface area (TPSA) is 54.5 Å². The molecule has 94 valence electrons. The lowest BCUT2D eigenvalue weighted by molar-refractivity contribution is 0.0819. The Hall–Kier alpha value is -1.43. The highest BCUT2D eigenvalue weighted by molar-refractivity contribution is 7.90. The average Bonchev–Trinajstić information content (AvgIpc) is 2.14. The van der Waals surface area contributed by atoms with E-state index in [1.54, 1.807) is 6.92 Å². The molecule has 0 unspecified atom stereocenters. The third kappa shape index (κ3) is 2.82. The Balaban J connectivity index is 3.64. The van der Waals surface area contributed by atoms with Crippen molar-refractivity contribution in [2.75, 3.05) is 20.4 Å². The van der Waals surface area contributed by atoms with Gasteiger partial charge in [-0.3, -0.25) is 4.79 Å². The molecule has 1 rings (SSSR count). The van der Waals surface area contributed by atoms with Crippen LogP contribution in [0.25, 0.3) is 0 Å². The van der Waals surface area contributed by atoms with E-state index in [0.29, 0.717) is 5.56 Å². The summed E-state index contributed by atoms with van der Waals surface area (Å²) < 4.78 is 36.8. The zero-order chi connectivity index (χ0) is 13.4. The van der Waals surface area contributed by atoms with Gasteiger partial charge in [0.1, 0.15) is 5.82 Å². The van der Waals surface area contributed by atoms with E-state index in [9.17, 15) is 17.6 Å². The minimum Gasteiger partial charge on any atom is -0.345 e.